The van der Waals surface area contributed by atoms with Crippen LogP contribution in [0, 0.1) is 6.92 Å². The number of ether oxygens (including phenoxy) is 2. The van der Waals surface area contributed by atoms with Gasteiger partial charge in [0.1, 0.15) is 12.4 Å². The lowest BCUT2D eigenvalue weighted by molar-refractivity contribution is 0.102. The molecule has 0 radical (unpaired) electrons. The molecular formula is C24H30ClN3O3. The fourth-order valence-electron chi connectivity index (χ4n) is 4.41. The first-order valence-corrected chi connectivity index (χ1v) is 11.3. The second-order valence-electron chi connectivity index (χ2n) is 8.07. The summed E-state index contributed by atoms with van der Waals surface area (Å²) in [6.45, 7) is 5.70. The van der Waals surface area contributed by atoms with Gasteiger partial charge in [0.05, 0.1) is 29.9 Å². The van der Waals surface area contributed by atoms with E-state index < -0.39 is 6.10 Å². The summed E-state index contributed by atoms with van der Waals surface area (Å²) in [5, 5.41) is 11.9. The van der Waals surface area contributed by atoms with Crippen LogP contribution in [0.15, 0.2) is 36.5 Å². The van der Waals surface area contributed by atoms with Crippen LogP contribution in [0.5, 0.6) is 5.75 Å². The number of β-amino-alcohol motifs (C(OH)–C–C–N with tert-alkyl or cyclic N) is 1. The molecule has 3 heterocycles. The molecule has 4 rings (SSSR count). The van der Waals surface area contributed by atoms with Crippen LogP contribution in [0.25, 0.3) is 16.7 Å². The minimum Gasteiger partial charge on any atom is -0.489 e. The van der Waals surface area contributed by atoms with Gasteiger partial charge in [-0.15, -0.1) is 0 Å². The van der Waals surface area contributed by atoms with Crippen LogP contribution in [0.1, 0.15) is 36.6 Å². The fourth-order valence-corrected chi connectivity index (χ4v) is 4.53. The maximum atomic E-state index is 11.2. The molecule has 1 fully saturated rings. The van der Waals surface area contributed by atoms with Crippen molar-refractivity contribution in [2.24, 2.45) is 0 Å². The molecule has 7 heteroatoms. The van der Waals surface area contributed by atoms with E-state index in [0.29, 0.717) is 30.5 Å². The Morgan fingerprint density at radius 1 is 1.13 bits per heavy atom. The van der Waals surface area contributed by atoms with E-state index in [4.69, 9.17) is 26.1 Å². The van der Waals surface area contributed by atoms with Crippen molar-refractivity contribution in [2.45, 2.75) is 32.3 Å². The zero-order valence-electron chi connectivity index (χ0n) is 18.2. The molecular weight excluding hydrogens is 414 g/mol. The van der Waals surface area contributed by atoms with E-state index in [-0.39, 0.29) is 0 Å². The van der Waals surface area contributed by atoms with E-state index in [2.05, 4.69) is 9.47 Å². The number of piperidine rings is 1. The Labute approximate surface area is 188 Å². The van der Waals surface area contributed by atoms with Crippen LogP contribution in [0.3, 0.4) is 0 Å². The predicted molar refractivity (Wildman–Crippen MR) is 123 cm³/mol. The Bertz CT molecular complexity index is 1010. The van der Waals surface area contributed by atoms with Crippen molar-refractivity contribution < 1.29 is 14.6 Å². The van der Waals surface area contributed by atoms with Gasteiger partial charge in [-0.25, -0.2) is 0 Å². The second kappa shape index (κ2) is 10.0. The third kappa shape index (κ3) is 4.88. The van der Waals surface area contributed by atoms with E-state index >= 15 is 0 Å². The number of pyridine rings is 1. The van der Waals surface area contributed by atoms with Crippen molar-refractivity contribution in [1.82, 2.24) is 14.5 Å². The van der Waals surface area contributed by atoms with Crippen molar-refractivity contribution in [1.29, 1.82) is 0 Å². The van der Waals surface area contributed by atoms with Gasteiger partial charge in [0.15, 0.2) is 0 Å². The summed E-state index contributed by atoms with van der Waals surface area (Å²) in [6.07, 6.45) is 4.77. The number of aromatic nitrogens is 2. The lowest BCUT2D eigenvalue weighted by atomic mass is 10.1. The highest BCUT2D eigenvalue weighted by atomic mass is 35.5. The zero-order chi connectivity index (χ0) is 21.8. The summed E-state index contributed by atoms with van der Waals surface area (Å²) in [7, 11) is 1.65. The fraction of sp³-hybridized carbons (Fsp3) is 0.458. The molecule has 166 valence electrons. The quantitative estimate of drug-likeness (QED) is 0.518. The summed E-state index contributed by atoms with van der Waals surface area (Å²) in [4.78, 5) is 7.06. The van der Waals surface area contributed by atoms with Crippen molar-refractivity contribution >= 4 is 22.6 Å². The number of rotatable bonds is 8. The van der Waals surface area contributed by atoms with Gasteiger partial charge in [-0.05, 0) is 57.1 Å². The van der Waals surface area contributed by atoms with Crippen molar-refractivity contribution in [2.75, 3.05) is 40.0 Å². The molecule has 0 saturated carbocycles. The van der Waals surface area contributed by atoms with Crippen LogP contribution in [0.4, 0.5) is 0 Å². The van der Waals surface area contributed by atoms with Gasteiger partial charge in [0, 0.05) is 41.7 Å². The van der Waals surface area contributed by atoms with Crippen LogP contribution >= 0.6 is 11.6 Å². The molecule has 1 aliphatic rings. The number of aliphatic hydroxyl groups excluding tert-OH is 1. The number of nitrogens with zero attached hydrogens (tertiary/aromatic N) is 3. The average Bonchev–Trinajstić information content (AvgIpc) is 3.06. The van der Waals surface area contributed by atoms with Crippen molar-refractivity contribution in [3.05, 3.63) is 52.8 Å². The van der Waals surface area contributed by atoms with Gasteiger partial charge in [-0.2, -0.15) is 0 Å². The Balaban J connectivity index is 1.76. The summed E-state index contributed by atoms with van der Waals surface area (Å²) in [5.41, 5.74) is 4.53. The molecule has 1 N–H and O–H groups in total. The molecule has 1 aliphatic heterocycles. The Kier molecular flexibility index (Phi) is 7.13. The first kappa shape index (κ1) is 22.1. The van der Waals surface area contributed by atoms with Crippen LogP contribution < -0.4 is 4.74 Å². The molecule has 2 aromatic heterocycles. The van der Waals surface area contributed by atoms with Crippen molar-refractivity contribution in [3.63, 3.8) is 0 Å². The zero-order valence-corrected chi connectivity index (χ0v) is 18.9. The molecule has 0 bridgehead atoms. The van der Waals surface area contributed by atoms with Gasteiger partial charge in [0.2, 0.25) is 0 Å². The summed E-state index contributed by atoms with van der Waals surface area (Å²) < 4.78 is 13.0. The molecule has 1 saturated heterocycles. The summed E-state index contributed by atoms with van der Waals surface area (Å²) >= 11 is 6.12. The first-order valence-electron chi connectivity index (χ1n) is 10.9. The summed E-state index contributed by atoms with van der Waals surface area (Å²) in [6, 6.07) is 9.69. The van der Waals surface area contributed by atoms with Crippen LogP contribution in [0.2, 0.25) is 5.02 Å². The molecule has 1 unspecified atom stereocenters. The van der Waals surface area contributed by atoms with Gasteiger partial charge < -0.3 is 24.0 Å². The molecule has 1 aromatic carbocycles. The minimum absolute atomic E-state index is 0.453. The SMILES string of the molecule is COCCOc1cnc2c(C(O)CN3CCCCC3)c(C)n(-c3ccc(Cl)cc3)c2c1. The molecule has 0 aliphatic carbocycles. The molecule has 0 amide bonds. The van der Waals surface area contributed by atoms with E-state index in [9.17, 15) is 5.11 Å². The standard InChI is InChI=1S/C24H30ClN3O3/c1-17-23(22(29)16-27-10-4-3-5-11-27)24-21(14-20(15-26-24)31-13-12-30-2)28(17)19-8-6-18(25)7-9-19/h6-9,14-15,22,29H,3-5,10-13,16H2,1-2H3. The molecule has 1 atom stereocenters. The normalized spacial score (nSPS) is 16.0. The van der Waals surface area contributed by atoms with Crippen molar-refractivity contribution in [3.8, 4) is 11.4 Å². The minimum atomic E-state index is -0.609. The number of benzene rings is 1. The Morgan fingerprint density at radius 2 is 1.87 bits per heavy atom. The number of hydrogen-bond acceptors (Lipinski definition) is 5. The predicted octanol–water partition coefficient (Wildman–Crippen LogP) is 4.53. The van der Waals surface area contributed by atoms with Gasteiger partial charge in [-0.1, -0.05) is 18.0 Å². The van der Waals surface area contributed by atoms with E-state index in [1.165, 1.54) is 19.3 Å². The molecule has 3 aromatic rings. The van der Waals surface area contributed by atoms with Gasteiger partial charge >= 0.3 is 0 Å². The third-order valence-corrected chi connectivity index (χ3v) is 6.17. The number of likely N-dealkylation sites (tertiary alicyclic amines) is 1. The molecule has 6 nitrogen and oxygen atoms in total. The topological polar surface area (TPSA) is 59.8 Å². The highest BCUT2D eigenvalue weighted by Gasteiger charge is 2.25. The summed E-state index contributed by atoms with van der Waals surface area (Å²) in [5.74, 6) is 0.675. The lowest BCUT2D eigenvalue weighted by Crippen LogP contribution is -2.33. The maximum Gasteiger partial charge on any atom is 0.139 e. The third-order valence-electron chi connectivity index (χ3n) is 5.92. The van der Waals surface area contributed by atoms with E-state index in [1.54, 1.807) is 13.3 Å². The molecule has 0 spiro atoms. The second-order valence-corrected chi connectivity index (χ2v) is 8.50. The van der Waals surface area contributed by atoms with E-state index in [0.717, 1.165) is 41.1 Å². The average molecular weight is 444 g/mol. The first-order chi connectivity index (χ1) is 15.1. The number of halogens is 1. The monoisotopic (exact) mass is 443 g/mol. The van der Waals surface area contributed by atoms with Crippen LogP contribution in [-0.4, -0.2) is 59.5 Å². The highest BCUT2D eigenvalue weighted by Crippen LogP contribution is 2.34. The smallest absolute Gasteiger partial charge is 0.139 e. The van der Waals surface area contributed by atoms with Gasteiger partial charge in [-0.3, -0.25) is 4.98 Å². The van der Waals surface area contributed by atoms with Gasteiger partial charge in [0.25, 0.3) is 0 Å². The number of methoxy groups -OCH3 is 1. The van der Waals surface area contributed by atoms with E-state index in [1.807, 2.05) is 37.3 Å². The molecule has 31 heavy (non-hydrogen) atoms. The Morgan fingerprint density at radius 3 is 2.58 bits per heavy atom. The number of fused-ring (bicyclic) bond motifs is 1. The Hall–Kier alpha value is -2.12. The highest BCUT2D eigenvalue weighted by molar-refractivity contribution is 6.30. The number of hydrogen-bond donors (Lipinski definition) is 1. The number of aliphatic hydroxyl groups is 1. The maximum absolute atomic E-state index is 11.2. The largest absolute Gasteiger partial charge is 0.489 e. The lowest BCUT2D eigenvalue weighted by Gasteiger charge is -2.28. The van der Waals surface area contributed by atoms with Crippen LogP contribution in [-0.2, 0) is 4.74 Å².